The van der Waals surface area contributed by atoms with Gasteiger partial charge in [0, 0.05) is 19.6 Å². The lowest BCUT2D eigenvalue weighted by molar-refractivity contribution is 0.122. The summed E-state index contributed by atoms with van der Waals surface area (Å²) >= 11 is 5.88. The monoisotopic (exact) mass is 228 g/mol. The number of halogens is 1. The molecule has 0 amide bonds. The summed E-state index contributed by atoms with van der Waals surface area (Å²) in [6.07, 6.45) is 0. The Kier molecular flexibility index (Phi) is 3.35. The maximum atomic E-state index is 5.88. The summed E-state index contributed by atoms with van der Waals surface area (Å²) in [5.41, 5.74) is 6.29. The molecule has 2 N–H and O–H groups in total. The van der Waals surface area contributed by atoms with Gasteiger partial charge in [-0.05, 0) is 6.07 Å². The summed E-state index contributed by atoms with van der Waals surface area (Å²) in [7, 11) is 0. The van der Waals surface area contributed by atoms with Crippen LogP contribution in [0.2, 0.25) is 5.15 Å². The molecule has 6 heteroatoms. The summed E-state index contributed by atoms with van der Waals surface area (Å²) in [5.74, 6) is 0.645. The topological polar surface area (TPSA) is 64.3 Å². The van der Waals surface area contributed by atoms with Crippen LogP contribution < -0.4 is 10.6 Å². The van der Waals surface area contributed by atoms with Crippen molar-refractivity contribution in [3.63, 3.8) is 0 Å². The number of anilines is 1. The third-order valence-electron chi connectivity index (χ3n) is 2.24. The lowest BCUT2D eigenvalue weighted by Gasteiger charge is -2.26. The van der Waals surface area contributed by atoms with Crippen molar-refractivity contribution in [2.24, 2.45) is 5.73 Å². The van der Waals surface area contributed by atoms with Crippen LogP contribution in [0.5, 0.6) is 0 Å². The van der Waals surface area contributed by atoms with Gasteiger partial charge in [-0.1, -0.05) is 11.6 Å². The molecule has 2 heterocycles. The molecule has 0 radical (unpaired) electrons. The Labute approximate surface area is 93.2 Å². The van der Waals surface area contributed by atoms with Gasteiger partial charge in [0.25, 0.3) is 0 Å². The van der Waals surface area contributed by atoms with Crippen LogP contribution >= 0.6 is 11.6 Å². The first-order valence-corrected chi connectivity index (χ1v) is 5.23. The number of aromatic nitrogens is 2. The highest BCUT2D eigenvalue weighted by Crippen LogP contribution is 2.14. The first-order chi connectivity index (χ1) is 7.29. The Bertz CT molecular complexity index is 341. The molecule has 0 spiro atoms. The maximum Gasteiger partial charge on any atom is 0.227 e. The number of hydrogen-bond donors (Lipinski definition) is 1. The minimum atomic E-state index is 0.375. The van der Waals surface area contributed by atoms with Crippen molar-refractivity contribution in [2.75, 3.05) is 31.2 Å². The molecular formula is C9H13ClN4O. The Morgan fingerprint density at radius 2 is 2.13 bits per heavy atom. The second-order valence-electron chi connectivity index (χ2n) is 3.29. The van der Waals surface area contributed by atoms with E-state index in [-0.39, 0.29) is 0 Å². The van der Waals surface area contributed by atoms with Crippen molar-refractivity contribution < 1.29 is 4.74 Å². The fraction of sp³-hybridized carbons (Fsp3) is 0.556. The highest BCUT2D eigenvalue weighted by Gasteiger charge is 2.14. The van der Waals surface area contributed by atoms with Gasteiger partial charge in [-0.3, -0.25) is 0 Å². The summed E-state index contributed by atoms with van der Waals surface area (Å²) < 4.78 is 5.25. The third kappa shape index (κ3) is 2.56. The first-order valence-electron chi connectivity index (χ1n) is 4.86. The van der Waals surface area contributed by atoms with Gasteiger partial charge in [0.2, 0.25) is 5.95 Å². The van der Waals surface area contributed by atoms with Crippen LogP contribution in [0, 0.1) is 0 Å². The number of morpholine rings is 1. The van der Waals surface area contributed by atoms with Crippen LogP contribution in [0.15, 0.2) is 6.07 Å². The van der Waals surface area contributed by atoms with Crippen LogP contribution in [-0.2, 0) is 11.3 Å². The van der Waals surface area contributed by atoms with Crippen molar-refractivity contribution in [3.05, 3.63) is 16.9 Å². The number of rotatable bonds is 2. The van der Waals surface area contributed by atoms with Gasteiger partial charge in [0.1, 0.15) is 5.15 Å². The van der Waals surface area contributed by atoms with Gasteiger partial charge in [0.15, 0.2) is 0 Å². The molecule has 1 aliphatic rings. The van der Waals surface area contributed by atoms with Crippen LogP contribution in [0.25, 0.3) is 0 Å². The molecular weight excluding hydrogens is 216 g/mol. The predicted octanol–water partition coefficient (Wildman–Crippen LogP) is 0.425. The zero-order valence-electron chi connectivity index (χ0n) is 8.32. The molecule has 5 nitrogen and oxygen atoms in total. The molecule has 0 bridgehead atoms. The van der Waals surface area contributed by atoms with E-state index in [1.165, 1.54) is 0 Å². The van der Waals surface area contributed by atoms with E-state index >= 15 is 0 Å². The van der Waals surface area contributed by atoms with Crippen molar-refractivity contribution in [1.29, 1.82) is 0 Å². The lowest BCUT2D eigenvalue weighted by Crippen LogP contribution is -2.37. The minimum absolute atomic E-state index is 0.375. The van der Waals surface area contributed by atoms with Gasteiger partial charge >= 0.3 is 0 Å². The molecule has 0 aromatic carbocycles. The molecule has 1 fully saturated rings. The summed E-state index contributed by atoms with van der Waals surface area (Å²) in [5, 5.41) is 0.437. The smallest absolute Gasteiger partial charge is 0.227 e. The van der Waals surface area contributed by atoms with Gasteiger partial charge in [-0.15, -0.1) is 0 Å². The molecule has 0 saturated carbocycles. The van der Waals surface area contributed by atoms with Crippen LogP contribution in [0.1, 0.15) is 5.69 Å². The molecule has 1 aliphatic heterocycles. The van der Waals surface area contributed by atoms with E-state index in [2.05, 4.69) is 14.9 Å². The molecule has 1 saturated heterocycles. The Morgan fingerprint density at radius 3 is 2.80 bits per heavy atom. The minimum Gasteiger partial charge on any atom is -0.378 e. The first kappa shape index (κ1) is 10.6. The molecule has 0 atom stereocenters. The fourth-order valence-corrected chi connectivity index (χ4v) is 1.66. The fourth-order valence-electron chi connectivity index (χ4n) is 1.46. The zero-order valence-corrected chi connectivity index (χ0v) is 9.07. The Balaban J connectivity index is 2.22. The molecule has 0 aliphatic carbocycles. The predicted molar refractivity (Wildman–Crippen MR) is 58.0 cm³/mol. The lowest BCUT2D eigenvalue weighted by atomic mass is 10.4. The standard InChI is InChI=1S/C9H13ClN4O/c10-8-5-7(6-11)12-9(13-8)14-1-3-15-4-2-14/h5H,1-4,6,11H2. The van der Waals surface area contributed by atoms with E-state index in [9.17, 15) is 0 Å². The highest BCUT2D eigenvalue weighted by atomic mass is 35.5. The zero-order chi connectivity index (χ0) is 10.7. The van der Waals surface area contributed by atoms with Crippen LogP contribution in [0.3, 0.4) is 0 Å². The van der Waals surface area contributed by atoms with E-state index in [1.54, 1.807) is 6.07 Å². The summed E-state index contributed by atoms with van der Waals surface area (Å²) in [6.45, 7) is 3.37. The van der Waals surface area contributed by atoms with Crippen molar-refractivity contribution in [1.82, 2.24) is 9.97 Å². The number of nitrogens with zero attached hydrogens (tertiary/aromatic N) is 3. The average molecular weight is 229 g/mol. The van der Waals surface area contributed by atoms with E-state index in [1.807, 2.05) is 0 Å². The second kappa shape index (κ2) is 4.74. The molecule has 2 rings (SSSR count). The number of hydrogen-bond acceptors (Lipinski definition) is 5. The Morgan fingerprint density at radius 1 is 1.40 bits per heavy atom. The molecule has 82 valence electrons. The second-order valence-corrected chi connectivity index (χ2v) is 3.67. The summed E-state index contributed by atoms with van der Waals surface area (Å²) in [4.78, 5) is 10.6. The SMILES string of the molecule is NCc1cc(Cl)nc(N2CCOCC2)n1. The third-order valence-corrected chi connectivity index (χ3v) is 2.43. The van der Waals surface area contributed by atoms with E-state index in [4.69, 9.17) is 22.1 Å². The van der Waals surface area contributed by atoms with Crippen molar-refractivity contribution in [3.8, 4) is 0 Å². The normalized spacial score (nSPS) is 16.8. The van der Waals surface area contributed by atoms with Crippen molar-refractivity contribution >= 4 is 17.5 Å². The molecule has 15 heavy (non-hydrogen) atoms. The average Bonchev–Trinajstić information content (AvgIpc) is 2.29. The quantitative estimate of drug-likeness (QED) is 0.744. The van der Waals surface area contributed by atoms with Crippen LogP contribution in [-0.4, -0.2) is 36.3 Å². The van der Waals surface area contributed by atoms with Gasteiger partial charge in [-0.25, -0.2) is 9.97 Å². The Hall–Kier alpha value is -0.910. The van der Waals surface area contributed by atoms with Crippen LogP contribution in [0.4, 0.5) is 5.95 Å². The van der Waals surface area contributed by atoms with Gasteiger partial charge in [-0.2, -0.15) is 0 Å². The molecule has 1 aromatic rings. The maximum absolute atomic E-state index is 5.88. The largest absolute Gasteiger partial charge is 0.378 e. The summed E-state index contributed by atoms with van der Waals surface area (Å²) in [6, 6.07) is 1.69. The molecule has 0 unspecified atom stereocenters. The van der Waals surface area contributed by atoms with E-state index in [0.717, 1.165) is 18.8 Å². The van der Waals surface area contributed by atoms with E-state index < -0.39 is 0 Å². The van der Waals surface area contributed by atoms with Gasteiger partial charge in [0.05, 0.1) is 18.9 Å². The molecule has 1 aromatic heterocycles. The van der Waals surface area contributed by atoms with Crippen molar-refractivity contribution in [2.45, 2.75) is 6.54 Å². The number of nitrogens with two attached hydrogens (primary N) is 1. The van der Waals surface area contributed by atoms with E-state index in [0.29, 0.717) is 30.9 Å². The highest BCUT2D eigenvalue weighted by molar-refractivity contribution is 6.29. The van der Waals surface area contributed by atoms with Gasteiger partial charge < -0.3 is 15.4 Å². The number of ether oxygens (including phenoxy) is 1.